The smallest absolute Gasteiger partial charge is 0.188 e. The Hall–Kier alpha value is -2.18. The number of nitrogens with one attached hydrogen (secondary N) is 1. The van der Waals surface area contributed by atoms with Crippen molar-refractivity contribution < 1.29 is 4.74 Å². The summed E-state index contributed by atoms with van der Waals surface area (Å²) in [7, 11) is 0. The summed E-state index contributed by atoms with van der Waals surface area (Å²) in [6.45, 7) is 5.37. The van der Waals surface area contributed by atoms with Gasteiger partial charge in [0.2, 0.25) is 0 Å². The number of anilines is 3. The van der Waals surface area contributed by atoms with Crippen LogP contribution in [0.5, 0.6) is 0 Å². The van der Waals surface area contributed by atoms with Gasteiger partial charge in [0.1, 0.15) is 5.82 Å². The molecule has 1 aromatic carbocycles. The summed E-state index contributed by atoms with van der Waals surface area (Å²) in [6.07, 6.45) is 0. The maximum Gasteiger partial charge on any atom is 0.188 e. The van der Waals surface area contributed by atoms with Crippen LogP contribution in [0.1, 0.15) is 5.69 Å². The SMILES string of the molecule is Cc1nc(N2CCOCC2)ccc1Nc1nc2ccccc2s1. The predicted molar refractivity (Wildman–Crippen MR) is 94.9 cm³/mol. The van der Waals surface area contributed by atoms with Crippen LogP contribution in [0.25, 0.3) is 10.2 Å². The van der Waals surface area contributed by atoms with E-state index in [-0.39, 0.29) is 0 Å². The van der Waals surface area contributed by atoms with Crippen molar-refractivity contribution in [2.75, 3.05) is 36.5 Å². The molecule has 1 aliphatic heterocycles. The van der Waals surface area contributed by atoms with Crippen LogP contribution in [0.4, 0.5) is 16.6 Å². The molecule has 1 N–H and O–H groups in total. The van der Waals surface area contributed by atoms with E-state index in [1.54, 1.807) is 11.3 Å². The standard InChI is InChI=1S/C17H18N4OS/c1-12-13(6-7-16(18-12)21-8-10-22-11-9-21)19-17-20-14-4-2-3-5-15(14)23-17/h2-7H,8-11H2,1H3,(H,19,20). The fraction of sp³-hybridized carbons (Fsp3) is 0.294. The van der Waals surface area contributed by atoms with Gasteiger partial charge in [-0.25, -0.2) is 9.97 Å². The number of hydrogen-bond acceptors (Lipinski definition) is 6. The molecule has 0 unspecified atom stereocenters. The summed E-state index contributed by atoms with van der Waals surface area (Å²) in [6, 6.07) is 12.3. The van der Waals surface area contributed by atoms with Crippen LogP contribution in [-0.4, -0.2) is 36.3 Å². The van der Waals surface area contributed by atoms with Crippen molar-refractivity contribution in [3.8, 4) is 0 Å². The Kier molecular flexibility index (Phi) is 3.85. The van der Waals surface area contributed by atoms with Crippen molar-refractivity contribution >= 4 is 38.2 Å². The first-order chi connectivity index (χ1) is 11.3. The first kappa shape index (κ1) is 14.4. The highest BCUT2D eigenvalue weighted by atomic mass is 32.1. The van der Waals surface area contributed by atoms with Crippen LogP contribution >= 0.6 is 11.3 Å². The van der Waals surface area contributed by atoms with Gasteiger partial charge >= 0.3 is 0 Å². The number of aryl methyl sites for hydroxylation is 1. The molecule has 6 heteroatoms. The van der Waals surface area contributed by atoms with E-state index in [9.17, 15) is 0 Å². The molecule has 0 aliphatic carbocycles. The molecule has 0 saturated carbocycles. The predicted octanol–water partition coefficient (Wildman–Crippen LogP) is 3.58. The van der Waals surface area contributed by atoms with Gasteiger partial charge in [-0.1, -0.05) is 23.5 Å². The highest BCUT2D eigenvalue weighted by molar-refractivity contribution is 7.22. The zero-order valence-electron chi connectivity index (χ0n) is 13.0. The number of fused-ring (bicyclic) bond motifs is 1. The Morgan fingerprint density at radius 1 is 1.09 bits per heavy atom. The molecule has 23 heavy (non-hydrogen) atoms. The summed E-state index contributed by atoms with van der Waals surface area (Å²) >= 11 is 1.66. The zero-order chi connectivity index (χ0) is 15.6. The van der Waals surface area contributed by atoms with Crippen LogP contribution in [0.15, 0.2) is 36.4 Å². The van der Waals surface area contributed by atoms with Crippen LogP contribution in [0, 0.1) is 6.92 Å². The van der Waals surface area contributed by atoms with Crippen LogP contribution in [-0.2, 0) is 4.74 Å². The fourth-order valence-electron chi connectivity index (χ4n) is 2.69. The average molecular weight is 326 g/mol. The Morgan fingerprint density at radius 3 is 2.70 bits per heavy atom. The minimum atomic E-state index is 0.770. The maximum atomic E-state index is 5.39. The van der Waals surface area contributed by atoms with Gasteiger partial charge in [0, 0.05) is 13.1 Å². The second-order valence-electron chi connectivity index (χ2n) is 5.51. The molecule has 4 rings (SSSR count). The van der Waals surface area contributed by atoms with Crippen molar-refractivity contribution in [3.05, 3.63) is 42.1 Å². The Bertz CT molecular complexity index is 793. The Morgan fingerprint density at radius 2 is 1.91 bits per heavy atom. The fourth-order valence-corrected chi connectivity index (χ4v) is 3.57. The second-order valence-corrected chi connectivity index (χ2v) is 6.54. The normalized spacial score (nSPS) is 15.1. The highest BCUT2D eigenvalue weighted by Gasteiger charge is 2.14. The first-order valence-electron chi connectivity index (χ1n) is 7.72. The lowest BCUT2D eigenvalue weighted by molar-refractivity contribution is 0.122. The van der Waals surface area contributed by atoms with Gasteiger partial charge in [0.05, 0.1) is 34.8 Å². The van der Waals surface area contributed by atoms with Gasteiger partial charge in [-0.15, -0.1) is 0 Å². The summed E-state index contributed by atoms with van der Waals surface area (Å²) in [5.74, 6) is 1.01. The van der Waals surface area contributed by atoms with E-state index >= 15 is 0 Å². The van der Waals surface area contributed by atoms with E-state index in [4.69, 9.17) is 9.72 Å². The second kappa shape index (κ2) is 6.14. The molecule has 0 atom stereocenters. The minimum absolute atomic E-state index is 0.770. The third kappa shape index (κ3) is 3.00. The maximum absolute atomic E-state index is 5.39. The number of para-hydroxylation sites is 1. The lowest BCUT2D eigenvalue weighted by Crippen LogP contribution is -2.36. The van der Waals surface area contributed by atoms with Crippen molar-refractivity contribution in [1.29, 1.82) is 0 Å². The Labute approximate surface area is 138 Å². The van der Waals surface area contributed by atoms with E-state index in [1.165, 1.54) is 4.70 Å². The van der Waals surface area contributed by atoms with Crippen molar-refractivity contribution in [3.63, 3.8) is 0 Å². The molecule has 0 bridgehead atoms. The van der Waals surface area contributed by atoms with E-state index in [2.05, 4.69) is 33.4 Å². The summed E-state index contributed by atoms with van der Waals surface area (Å²) in [5.41, 5.74) is 3.00. The number of thiazole rings is 1. The quantitative estimate of drug-likeness (QED) is 0.797. The minimum Gasteiger partial charge on any atom is -0.378 e. The summed E-state index contributed by atoms with van der Waals surface area (Å²) in [5, 5.41) is 4.29. The molecule has 0 amide bonds. The number of nitrogens with zero attached hydrogens (tertiary/aromatic N) is 3. The number of pyridine rings is 1. The number of rotatable bonds is 3. The molecule has 3 heterocycles. The van der Waals surface area contributed by atoms with E-state index < -0.39 is 0 Å². The monoisotopic (exact) mass is 326 g/mol. The number of ether oxygens (including phenoxy) is 1. The molecule has 1 aliphatic rings. The number of hydrogen-bond donors (Lipinski definition) is 1. The molecular formula is C17H18N4OS. The topological polar surface area (TPSA) is 50.3 Å². The lowest BCUT2D eigenvalue weighted by atomic mass is 10.3. The third-order valence-corrected chi connectivity index (χ3v) is 4.89. The highest BCUT2D eigenvalue weighted by Crippen LogP contribution is 2.29. The molecule has 3 aromatic rings. The van der Waals surface area contributed by atoms with Crippen molar-refractivity contribution in [2.24, 2.45) is 0 Å². The van der Waals surface area contributed by atoms with E-state index in [1.807, 2.05) is 25.1 Å². The van der Waals surface area contributed by atoms with Gasteiger partial charge in [-0.05, 0) is 31.2 Å². The molecule has 1 fully saturated rings. The van der Waals surface area contributed by atoms with Crippen molar-refractivity contribution in [1.82, 2.24) is 9.97 Å². The molecule has 0 radical (unpaired) electrons. The van der Waals surface area contributed by atoms with Crippen LogP contribution < -0.4 is 10.2 Å². The molecule has 0 spiro atoms. The van der Waals surface area contributed by atoms with Crippen LogP contribution in [0.3, 0.4) is 0 Å². The largest absolute Gasteiger partial charge is 0.378 e. The number of aromatic nitrogens is 2. The van der Waals surface area contributed by atoms with Gasteiger partial charge in [-0.3, -0.25) is 0 Å². The van der Waals surface area contributed by atoms with Gasteiger partial charge in [0.25, 0.3) is 0 Å². The molecular weight excluding hydrogens is 308 g/mol. The third-order valence-electron chi connectivity index (χ3n) is 3.94. The Balaban J connectivity index is 1.56. The first-order valence-corrected chi connectivity index (χ1v) is 8.54. The molecule has 5 nitrogen and oxygen atoms in total. The van der Waals surface area contributed by atoms with Gasteiger partial charge in [-0.2, -0.15) is 0 Å². The van der Waals surface area contributed by atoms with Crippen molar-refractivity contribution in [2.45, 2.75) is 6.92 Å². The summed E-state index contributed by atoms with van der Waals surface area (Å²) < 4.78 is 6.58. The number of morpholine rings is 1. The van der Waals surface area contributed by atoms with E-state index in [0.29, 0.717) is 0 Å². The average Bonchev–Trinajstić information content (AvgIpc) is 3.00. The zero-order valence-corrected chi connectivity index (χ0v) is 13.8. The molecule has 1 saturated heterocycles. The van der Waals surface area contributed by atoms with Crippen LogP contribution in [0.2, 0.25) is 0 Å². The van der Waals surface area contributed by atoms with Gasteiger partial charge in [0.15, 0.2) is 5.13 Å². The molecule has 2 aromatic heterocycles. The summed E-state index contributed by atoms with van der Waals surface area (Å²) in [4.78, 5) is 11.6. The lowest BCUT2D eigenvalue weighted by Gasteiger charge is -2.28. The van der Waals surface area contributed by atoms with Gasteiger partial charge < -0.3 is 15.0 Å². The molecule has 118 valence electrons. The van der Waals surface area contributed by atoms with E-state index in [0.717, 1.165) is 54.2 Å². The number of benzene rings is 1.